The number of ether oxygens (including phenoxy) is 3. The van der Waals surface area contributed by atoms with Crippen LogP contribution in [0.3, 0.4) is 0 Å². The van der Waals surface area contributed by atoms with Crippen molar-refractivity contribution in [3.8, 4) is 18.0 Å². The van der Waals surface area contributed by atoms with Crippen molar-refractivity contribution in [2.45, 2.75) is 0 Å². The summed E-state index contributed by atoms with van der Waals surface area (Å²) in [4.78, 5) is 11.6. The Morgan fingerprint density at radius 2 is 1.40 bits per heavy atom. The second-order valence-electron chi connectivity index (χ2n) is 2.78. The first kappa shape index (κ1) is 11.2. The Hall–Kier alpha value is -1.92. The molecule has 0 spiro atoms. The van der Waals surface area contributed by atoms with E-state index in [1.807, 2.05) is 14.1 Å². The molecular weight excluding hydrogens is 200 g/mol. The highest BCUT2D eigenvalue weighted by atomic mass is 16.5. The van der Waals surface area contributed by atoms with Gasteiger partial charge in [0.25, 0.3) is 0 Å². The molecule has 1 rings (SSSR count). The molecule has 0 radical (unpaired) electrons. The fourth-order valence-corrected chi connectivity index (χ4v) is 0.708. The molecule has 82 valence electrons. The van der Waals surface area contributed by atoms with Gasteiger partial charge < -0.3 is 14.2 Å². The maximum absolute atomic E-state index is 5.13. The third-order valence-electron chi connectivity index (χ3n) is 1.31. The first-order chi connectivity index (χ1) is 7.15. The minimum Gasteiger partial charge on any atom is -0.467 e. The van der Waals surface area contributed by atoms with Crippen LogP contribution in [0, 0.1) is 0 Å². The Morgan fingerprint density at radius 1 is 0.933 bits per heavy atom. The molecule has 0 aliphatic rings. The zero-order valence-corrected chi connectivity index (χ0v) is 9.09. The van der Waals surface area contributed by atoms with Gasteiger partial charge >= 0.3 is 24.4 Å². The molecule has 1 aromatic rings. The number of methoxy groups -OCH3 is 2. The zero-order chi connectivity index (χ0) is 11.3. The van der Waals surface area contributed by atoms with Crippen LogP contribution in [-0.2, 0) is 0 Å². The van der Waals surface area contributed by atoms with Crippen LogP contribution in [0.25, 0.3) is 0 Å². The van der Waals surface area contributed by atoms with E-state index in [2.05, 4.69) is 15.0 Å². The highest BCUT2D eigenvalue weighted by Crippen LogP contribution is 2.12. The van der Waals surface area contributed by atoms with Crippen molar-refractivity contribution >= 4 is 6.40 Å². The monoisotopic (exact) mass is 213 g/mol. The van der Waals surface area contributed by atoms with E-state index in [1.54, 1.807) is 4.58 Å². The van der Waals surface area contributed by atoms with E-state index in [4.69, 9.17) is 14.2 Å². The molecule has 0 aliphatic heterocycles. The molecule has 0 amide bonds. The molecule has 0 N–H and O–H groups in total. The summed E-state index contributed by atoms with van der Waals surface area (Å²) in [6, 6.07) is 0.403. The first-order valence-corrected chi connectivity index (χ1v) is 4.16. The lowest BCUT2D eigenvalue weighted by molar-refractivity contribution is -0.466. The van der Waals surface area contributed by atoms with Crippen molar-refractivity contribution in [3.63, 3.8) is 0 Å². The minimum absolute atomic E-state index is 0.118. The molecule has 1 heterocycles. The molecule has 0 atom stereocenters. The third kappa shape index (κ3) is 3.37. The van der Waals surface area contributed by atoms with Crippen molar-refractivity contribution in [2.75, 3.05) is 28.3 Å². The van der Waals surface area contributed by atoms with Gasteiger partial charge in [0, 0.05) is 0 Å². The van der Waals surface area contributed by atoms with E-state index in [0.29, 0.717) is 0 Å². The minimum atomic E-state index is 0.118. The molecule has 7 heteroatoms. The summed E-state index contributed by atoms with van der Waals surface area (Å²) in [5.41, 5.74) is 0. The smallest absolute Gasteiger partial charge is 0.335 e. The number of rotatable bonds is 4. The van der Waals surface area contributed by atoms with E-state index in [-0.39, 0.29) is 18.0 Å². The number of nitrogens with zero attached hydrogens (tertiary/aromatic N) is 4. The van der Waals surface area contributed by atoms with Gasteiger partial charge in [-0.05, 0) is 0 Å². The maximum Gasteiger partial charge on any atom is 0.335 e. The predicted octanol–water partition coefficient (Wildman–Crippen LogP) is -0.432. The summed E-state index contributed by atoms with van der Waals surface area (Å²) in [5, 5.41) is 0. The summed E-state index contributed by atoms with van der Waals surface area (Å²) in [5.74, 6) is 0. The highest BCUT2D eigenvalue weighted by Gasteiger charge is 2.07. The zero-order valence-electron chi connectivity index (χ0n) is 9.09. The normalized spacial score (nSPS) is 9.33. The van der Waals surface area contributed by atoms with Gasteiger partial charge in [0.05, 0.1) is 14.2 Å². The highest BCUT2D eigenvalue weighted by molar-refractivity contribution is 5.43. The summed E-state index contributed by atoms with van der Waals surface area (Å²) >= 11 is 0. The molecule has 1 aromatic heterocycles. The molecule has 7 nitrogen and oxygen atoms in total. The second-order valence-corrected chi connectivity index (χ2v) is 2.78. The quantitative estimate of drug-likeness (QED) is 0.384. The molecule has 0 fully saturated rings. The van der Waals surface area contributed by atoms with Gasteiger partial charge in [-0.25, -0.2) is 4.58 Å². The topological polar surface area (TPSA) is 69.4 Å². The van der Waals surface area contributed by atoms with Crippen LogP contribution in [0.2, 0.25) is 0 Å². The third-order valence-corrected chi connectivity index (χ3v) is 1.31. The van der Waals surface area contributed by atoms with Gasteiger partial charge in [-0.3, -0.25) is 0 Å². The lowest BCUT2D eigenvalue weighted by atomic mass is 10.9. The van der Waals surface area contributed by atoms with E-state index >= 15 is 0 Å². The number of hydrogen-bond acceptors (Lipinski definition) is 6. The van der Waals surface area contributed by atoms with E-state index in [9.17, 15) is 0 Å². The van der Waals surface area contributed by atoms with Gasteiger partial charge in [0.1, 0.15) is 14.1 Å². The largest absolute Gasteiger partial charge is 0.467 e. The van der Waals surface area contributed by atoms with E-state index in [0.717, 1.165) is 0 Å². The van der Waals surface area contributed by atoms with Crippen LogP contribution in [0.1, 0.15) is 0 Å². The van der Waals surface area contributed by atoms with Gasteiger partial charge in [-0.2, -0.15) is 0 Å². The molecule has 0 aliphatic carbocycles. The SMILES string of the molecule is COc1nc(OC)nc(OC=[N+](C)C)n1. The van der Waals surface area contributed by atoms with Gasteiger partial charge in [0.2, 0.25) is 0 Å². The molecule has 0 bridgehead atoms. The Kier molecular flexibility index (Phi) is 3.78. The number of aromatic nitrogens is 3. The van der Waals surface area contributed by atoms with E-state index < -0.39 is 0 Å². The lowest BCUT2D eigenvalue weighted by Gasteiger charge is -2.02. The van der Waals surface area contributed by atoms with Crippen LogP contribution in [-0.4, -0.2) is 54.2 Å². The van der Waals surface area contributed by atoms with E-state index in [1.165, 1.54) is 20.6 Å². The molecule has 0 saturated heterocycles. The molecule has 15 heavy (non-hydrogen) atoms. The summed E-state index contributed by atoms with van der Waals surface area (Å²) < 4.78 is 16.6. The number of hydrogen-bond donors (Lipinski definition) is 0. The van der Waals surface area contributed by atoms with Crippen molar-refractivity contribution in [3.05, 3.63) is 0 Å². The van der Waals surface area contributed by atoms with Crippen LogP contribution in [0.4, 0.5) is 0 Å². The Labute approximate surface area is 87.4 Å². The van der Waals surface area contributed by atoms with Crippen molar-refractivity contribution in [1.29, 1.82) is 0 Å². The Balaban J connectivity index is 2.91. The van der Waals surface area contributed by atoms with Crippen LogP contribution in [0.5, 0.6) is 18.0 Å². The van der Waals surface area contributed by atoms with Crippen molar-refractivity contribution < 1.29 is 18.8 Å². The summed E-state index contributed by atoms with van der Waals surface area (Å²) in [7, 11) is 6.54. The first-order valence-electron chi connectivity index (χ1n) is 4.16. The Morgan fingerprint density at radius 3 is 1.80 bits per heavy atom. The molecule has 0 unspecified atom stereocenters. The average Bonchev–Trinajstić information content (AvgIpc) is 2.25. The maximum atomic E-state index is 5.13. The summed E-state index contributed by atoms with van der Waals surface area (Å²) in [6.45, 7) is 0. The fourth-order valence-electron chi connectivity index (χ4n) is 0.708. The predicted molar refractivity (Wildman–Crippen MR) is 51.7 cm³/mol. The summed E-state index contributed by atoms with van der Waals surface area (Å²) in [6.07, 6.45) is 1.45. The fraction of sp³-hybridized carbons (Fsp3) is 0.500. The van der Waals surface area contributed by atoms with Gasteiger partial charge in [-0.15, -0.1) is 15.0 Å². The lowest BCUT2D eigenvalue weighted by Crippen LogP contribution is -2.08. The van der Waals surface area contributed by atoms with Crippen molar-refractivity contribution in [1.82, 2.24) is 15.0 Å². The average molecular weight is 213 g/mol. The molecule has 0 aromatic carbocycles. The van der Waals surface area contributed by atoms with Gasteiger partial charge in [-0.1, -0.05) is 0 Å². The van der Waals surface area contributed by atoms with Gasteiger partial charge in [0.15, 0.2) is 0 Å². The Bertz CT molecular complexity index is 341. The molecule has 0 saturated carbocycles. The van der Waals surface area contributed by atoms with Crippen LogP contribution >= 0.6 is 0 Å². The standard InChI is InChI=1S/C8H13N4O3/c1-12(2)5-15-8-10-6(13-3)9-7(11-8)14-4/h5H,1-4H3/q+1. The second kappa shape index (κ2) is 5.08. The van der Waals surface area contributed by atoms with Crippen molar-refractivity contribution in [2.24, 2.45) is 0 Å². The molecular formula is C8H13N4O3+. The van der Waals surface area contributed by atoms with Crippen LogP contribution in [0.15, 0.2) is 0 Å². The van der Waals surface area contributed by atoms with Crippen LogP contribution < -0.4 is 14.2 Å².